The quantitative estimate of drug-likeness (QED) is 0.243. The fourth-order valence-electron chi connectivity index (χ4n) is 3.75. The summed E-state index contributed by atoms with van der Waals surface area (Å²) in [7, 11) is 0. The lowest BCUT2D eigenvalue weighted by Crippen LogP contribution is -2.12. The Bertz CT molecular complexity index is 961. The van der Waals surface area contributed by atoms with Crippen molar-refractivity contribution in [2.45, 2.75) is 5.92 Å². The highest BCUT2D eigenvalue weighted by Crippen LogP contribution is 2.43. The second-order valence-corrected chi connectivity index (χ2v) is 7.53. The summed E-state index contributed by atoms with van der Waals surface area (Å²) in [4.78, 5) is 0. The number of aliphatic hydroxyl groups excluding tert-OH is 4. The van der Waals surface area contributed by atoms with E-state index in [0.29, 0.717) is 23.0 Å². The van der Waals surface area contributed by atoms with E-state index in [0.717, 1.165) is 16.7 Å². The monoisotopic (exact) mass is 484 g/mol. The van der Waals surface area contributed by atoms with Gasteiger partial charge in [0, 0.05) is 29.2 Å². The zero-order chi connectivity index (χ0) is 24.9. The summed E-state index contributed by atoms with van der Waals surface area (Å²) in [5.41, 5.74) is 2.61. The van der Waals surface area contributed by atoms with Gasteiger partial charge in [0.2, 0.25) is 0 Å². The highest BCUT2D eigenvalue weighted by Gasteiger charge is 2.25. The molecule has 0 spiro atoms. The van der Waals surface area contributed by atoms with Gasteiger partial charge in [-0.2, -0.15) is 0 Å². The van der Waals surface area contributed by atoms with Gasteiger partial charge in [-0.25, -0.2) is 0 Å². The highest BCUT2D eigenvalue weighted by atomic mass is 16.5. The summed E-state index contributed by atoms with van der Waals surface area (Å²) in [5.74, 6) is 1.80. The normalized spacial score (nSPS) is 10.9. The molecule has 0 heterocycles. The van der Waals surface area contributed by atoms with Crippen LogP contribution in [0.5, 0.6) is 23.0 Å². The van der Waals surface area contributed by atoms with Crippen molar-refractivity contribution < 1.29 is 39.4 Å². The van der Waals surface area contributed by atoms with Crippen molar-refractivity contribution >= 4 is 0 Å². The Balaban J connectivity index is 2.14. The molecule has 0 aliphatic carbocycles. The Kier molecular flexibility index (Phi) is 10.7. The first-order chi connectivity index (χ1) is 17.2. The van der Waals surface area contributed by atoms with Crippen LogP contribution in [0.4, 0.5) is 0 Å². The topological polar surface area (TPSA) is 118 Å². The molecule has 0 aromatic heterocycles. The fourth-order valence-corrected chi connectivity index (χ4v) is 3.75. The summed E-state index contributed by atoms with van der Waals surface area (Å²) < 4.78 is 22.9. The Labute approximate surface area is 204 Å². The van der Waals surface area contributed by atoms with Crippen LogP contribution in [-0.2, 0) is 0 Å². The molecule has 0 fully saturated rings. The van der Waals surface area contributed by atoms with E-state index in [-0.39, 0.29) is 58.8 Å². The maximum Gasteiger partial charge on any atom is 0.127 e. The molecule has 0 amide bonds. The molecule has 3 aromatic carbocycles. The van der Waals surface area contributed by atoms with Crippen LogP contribution in [0.3, 0.4) is 0 Å². The molecule has 35 heavy (non-hydrogen) atoms. The predicted molar refractivity (Wildman–Crippen MR) is 131 cm³/mol. The predicted octanol–water partition coefficient (Wildman–Crippen LogP) is 2.35. The number of benzene rings is 3. The molecule has 188 valence electrons. The van der Waals surface area contributed by atoms with E-state index in [4.69, 9.17) is 29.2 Å². The minimum Gasteiger partial charge on any atom is -0.491 e. The Morgan fingerprint density at radius 1 is 0.514 bits per heavy atom. The number of aliphatic hydroxyl groups is 4. The Morgan fingerprint density at radius 2 is 0.943 bits per heavy atom. The number of rotatable bonds is 15. The van der Waals surface area contributed by atoms with E-state index in [1.165, 1.54) is 0 Å². The van der Waals surface area contributed by atoms with E-state index >= 15 is 0 Å². The van der Waals surface area contributed by atoms with Crippen molar-refractivity contribution in [1.82, 2.24) is 0 Å². The van der Waals surface area contributed by atoms with Gasteiger partial charge in [-0.3, -0.25) is 0 Å². The van der Waals surface area contributed by atoms with Gasteiger partial charge in [0.25, 0.3) is 0 Å². The minimum absolute atomic E-state index is 0.0970. The van der Waals surface area contributed by atoms with Crippen LogP contribution in [0.2, 0.25) is 0 Å². The van der Waals surface area contributed by atoms with Gasteiger partial charge >= 0.3 is 0 Å². The number of hydrogen-bond donors (Lipinski definition) is 4. The molecule has 3 aromatic rings. The Hall–Kier alpha value is -3.30. The molecule has 0 saturated heterocycles. The van der Waals surface area contributed by atoms with Gasteiger partial charge in [-0.1, -0.05) is 42.5 Å². The van der Waals surface area contributed by atoms with Gasteiger partial charge in [-0.15, -0.1) is 0 Å². The van der Waals surface area contributed by atoms with Crippen molar-refractivity contribution in [2.24, 2.45) is 0 Å². The molecule has 0 atom stereocenters. The van der Waals surface area contributed by atoms with Gasteiger partial charge in [0.1, 0.15) is 49.4 Å². The smallest absolute Gasteiger partial charge is 0.127 e. The van der Waals surface area contributed by atoms with Crippen LogP contribution in [0.25, 0.3) is 0 Å². The molecule has 0 aliphatic rings. The molecule has 8 heteroatoms. The second kappa shape index (κ2) is 14.2. The van der Waals surface area contributed by atoms with Crippen LogP contribution in [0.1, 0.15) is 22.6 Å². The van der Waals surface area contributed by atoms with E-state index < -0.39 is 0 Å². The average Bonchev–Trinajstić information content (AvgIpc) is 2.90. The van der Waals surface area contributed by atoms with Crippen molar-refractivity contribution in [3.05, 3.63) is 83.4 Å². The van der Waals surface area contributed by atoms with Gasteiger partial charge in [0.15, 0.2) is 0 Å². The van der Waals surface area contributed by atoms with E-state index in [9.17, 15) is 10.2 Å². The summed E-state index contributed by atoms with van der Waals surface area (Å²) in [6.45, 7) is -0.0446. The minimum atomic E-state index is -0.322. The lowest BCUT2D eigenvalue weighted by atomic mass is 9.84. The first kappa shape index (κ1) is 26.3. The first-order valence-corrected chi connectivity index (χ1v) is 11.5. The summed E-state index contributed by atoms with van der Waals surface area (Å²) in [5, 5.41) is 37.0. The van der Waals surface area contributed by atoms with Gasteiger partial charge < -0.3 is 39.4 Å². The number of ether oxygens (including phenoxy) is 4. The fraction of sp³-hybridized carbons (Fsp3) is 0.333. The van der Waals surface area contributed by atoms with Crippen molar-refractivity contribution in [3.63, 3.8) is 0 Å². The lowest BCUT2D eigenvalue weighted by molar-refractivity contribution is 0.193. The summed E-state index contributed by atoms with van der Waals surface area (Å²) >= 11 is 0. The number of hydrogen-bond acceptors (Lipinski definition) is 8. The molecule has 0 aliphatic heterocycles. The standard InChI is InChI=1S/C27H32O8/c28-10-14-32-21-6-8-23(25(18-21)34-16-12-30)27(20-4-2-1-3-5-20)24-9-7-22(33-15-11-29)19-26(24)35-17-13-31/h1-9,18-19,27-31H,10-17H2. The molecule has 0 unspecified atom stereocenters. The maximum atomic E-state index is 9.38. The average molecular weight is 485 g/mol. The summed E-state index contributed by atoms with van der Waals surface area (Å²) in [6.07, 6.45) is 0. The zero-order valence-corrected chi connectivity index (χ0v) is 19.5. The third-order valence-corrected chi connectivity index (χ3v) is 5.14. The largest absolute Gasteiger partial charge is 0.491 e. The van der Waals surface area contributed by atoms with Crippen molar-refractivity contribution in [2.75, 3.05) is 52.9 Å². The van der Waals surface area contributed by atoms with Crippen LogP contribution in [-0.4, -0.2) is 73.3 Å². The van der Waals surface area contributed by atoms with E-state index in [1.807, 2.05) is 42.5 Å². The van der Waals surface area contributed by atoms with Crippen molar-refractivity contribution in [3.8, 4) is 23.0 Å². The van der Waals surface area contributed by atoms with E-state index in [1.54, 1.807) is 24.3 Å². The van der Waals surface area contributed by atoms with Gasteiger partial charge in [0.05, 0.1) is 26.4 Å². The zero-order valence-electron chi connectivity index (χ0n) is 19.5. The molecule has 3 rings (SSSR count). The molecule has 0 radical (unpaired) electrons. The molecule has 0 bridgehead atoms. The molecule has 4 N–H and O–H groups in total. The van der Waals surface area contributed by atoms with Crippen LogP contribution in [0, 0.1) is 0 Å². The van der Waals surface area contributed by atoms with Gasteiger partial charge in [-0.05, 0) is 17.7 Å². The second-order valence-electron chi connectivity index (χ2n) is 7.53. The van der Waals surface area contributed by atoms with E-state index in [2.05, 4.69) is 0 Å². The molecule has 0 saturated carbocycles. The van der Waals surface area contributed by atoms with Crippen LogP contribution in [0.15, 0.2) is 66.7 Å². The summed E-state index contributed by atoms with van der Waals surface area (Å²) in [6, 6.07) is 20.7. The lowest BCUT2D eigenvalue weighted by Gasteiger charge is -2.25. The third-order valence-electron chi connectivity index (χ3n) is 5.14. The van der Waals surface area contributed by atoms with Crippen LogP contribution < -0.4 is 18.9 Å². The maximum absolute atomic E-state index is 9.38. The molecular formula is C27H32O8. The van der Waals surface area contributed by atoms with Crippen molar-refractivity contribution in [1.29, 1.82) is 0 Å². The SMILES string of the molecule is OCCOc1ccc(C(c2ccccc2)c2ccc(OCCO)cc2OCCO)c(OCCO)c1. The third kappa shape index (κ3) is 7.34. The first-order valence-electron chi connectivity index (χ1n) is 11.5. The molecular weight excluding hydrogens is 452 g/mol. The molecule has 8 nitrogen and oxygen atoms in total. The highest BCUT2D eigenvalue weighted by molar-refractivity contribution is 5.56. The van der Waals surface area contributed by atoms with Crippen LogP contribution >= 0.6 is 0 Å². The Morgan fingerprint density at radius 3 is 1.37 bits per heavy atom.